The predicted octanol–water partition coefficient (Wildman–Crippen LogP) is 4.17. The smallest absolute Gasteiger partial charge is 0.244 e. The van der Waals surface area contributed by atoms with Crippen molar-refractivity contribution in [2.75, 3.05) is 26.2 Å². The predicted molar refractivity (Wildman–Crippen MR) is 158 cm³/mol. The van der Waals surface area contributed by atoms with E-state index in [2.05, 4.69) is 47.9 Å². The highest BCUT2D eigenvalue weighted by Gasteiger charge is 2.32. The van der Waals surface area contributed by atoms with Crippen LogP contribution in [-0.2, 0) is 9.59 Å². The third-order valence-corrected chi connectivity index (χ3v) is 7.42. The summed E-state index contributed by atoms with van der Waals surface area (Å²) in [5.74, 6) is -0.00447. The Bertz CT molecular complexity index is 1220. The Balaban J connectivity index is 1.43. The highest BCUT2D eigenvalue weighted by molar-refractivity contribution is 5.92. The second kappa shape index (κ2) is 13.9. The molecule has 0 aromatic heterocycles. The van der Waals surface area contributed by atoms with Gasteiger partial charge >= 0.3 is 0 Å². The number of carbonyl (C=O) groups excluding carboxylic acids is 2. The molecule has 0 radical (unpaired) electrons. The van der Waals surface area contributed by atoms with Crippen molar-refractivity contribution in [3.05, 3.63) is 113 Å². The minimum absolute atomic E-state index is 0.0270. The van der Waals surface area contributed by atoms with Crippen LogP contribution in [0.25, 0.3) is 6.08 Å². The largest absolute Gasteiger partial charge is 0.351 e. The van der Waals surface area contributed by atoms with E-state index in [0.29, 0.717) is 32.6 Å². The van der Waals surface area contributed by atoms with Gasteiger partial charge in [0.25, 0.3) is 0 Å². The lowest BCUT2D eigenvalue weighted by molar-refractivity contribution is -0.133. The summed E-state index contributed by atoms with van der Waals surface area (Å²) in [6.07, 6.45) is 4.71. The normalized spacial score (nSPS) is 17.9. The first-order chi connectivity index (χ1) is 18.9. The van der Waals surface area contributed by atoms with Crippen molar-refractivity contribution in [3.63, 3.8) is 0 Å². The molecule has 0 saturated carbocycles. The third kappa shape index (κ3) is 7.88. The number of hydrogen-bond acceptors (Lipinski definition) is 4. The van der Waals surface area contributed by atoms with Gasteiger partial charge in [0, 0.05) is 37.7 Å². The number of carbonyl (C=O) groups is 2. The van der Waals surface area contributed by atoms with Crippen LogP contribution in [0, 0.1) is 13.8 Å². The van der Waals surface area contributed by atoms with Gasteiger partial charge in [-0.05, 0) is 61.6 Å². The van der Waals surface area contributed by atoms with Gasteiger partial charge in [-0.2, -0.15) is 0 Å². The molecule has 204 valence electrons. The van der Waals surface area contributed by atoms with Crippen molar-refractivity contribution in [2.24, 2.45) is 5.73 Å². The molecule has 39 heavy (non-hydrogen) atoms. The maximum Gasteiger partial charge on any atom is 0.244 e. The van der Waals surface area contributed by atoms with Crippen molar-refractivity contribution in [3.8, 4) is 0 Å². The minimum Gasteiger partial charge on any atom is -0.351 e. The molecule has 6 nitrogen and oxygen atoms in total. The van der Waals surface area contributed by atoms with Gasteiger partial charge in [-0.1, -0.05) is 84.4 Å². The summed E-state index contributed by atoms with van der Waals surface area (Å²) in [7, 11) is 0. The summed E-state index contributed by atoms with van der Waals surface area (Å²) in [5, 5.41) is 6.50. The first-order valence-corrected chi connectivity index (χ1v) is 13.8. The Morgan fingerprint density at radius 1 is 1.05 bits per heavy atom. The van der Waals surface area contributed by atoms with Gasteiger partial charge in [-0.15, -0.1) is 0 Å². The van der Waals surface area contributed by atoms with Gasteiger partial charge in [0.15, 0.2) is 0 Å². The molecule has 2 atom stereocenters. The molecule has 6 heteroatoms. The Labute approximate surface area is 232 Å². The van der Waals surface area contributed by atoms with E-state index < -0.39 is 0 Å². The van der Waals surface area contributed by atoms with Crippen LogP contribution in [-0.4, -0.2) is 55.0 Å². The first-order valence-electron chi connectivity index (χ1n) is 13.8. The molecule has 2 amide bonds. The molecule has 4 rings (SSSR count). The van der Waals surface area contributed by atoms with Crippen molar-refractivity contribution in [1.29, 1.82) is 0 Å². The number of nitrogens with one attached hydrogen (secondary N) is 2. The quantitative estimate of drug-likeness (QED) is 0.348. The fraction of sp³-hybridized carbons (Fsp3) is 0.333. The first kappa shape index (κ1) is 28.3. The lowest BCUT2D eigenvalue weighted by Crippen LogP contribution is -2.49. The van der Waals surface area contributed by atoms with Crippen LogP contribution < -0.4 is 16.4 Å². The number of amides is 2. The maximum atomic E-state index is 13.6. The average molecular weight is 525 g/mol. The number of rotatable bonds is 10. The monoisotopic (exact) mass is 524 g/mol. The number of nitrogens with two attached hydrogens (primary N) is 1. The van der Waals surface area contributed by atoms with E-state index in [4.69, 9.17) is 5.73 Å². The van der Waals surface area contributed by atoms with E-state index in [-0.39, 0.29) is 29.8 Å². The molecule has 0 bridgehead atoms. The van der Waals surface area contributed by atoms with Gasteiger partial charge in [0.1, 0.15) is 0 Å². The van der Waals surface area contributed by atoms with Crippen LogP contribution in [0.1, 0.15) is 46.6 Å². The summed E-state index contributed by atoms with van der Waals surface area (Å²) in [5.41, 5.74) is 11.6. The molecular formula is C33H40N4O2. The van der Waals surface area contributed by atoms with Gasteiger partial charge in [0.05, 0.1) is 6.04 Å². The fourth-order valence-corrected chi connectivity index (χ4v) is 5.25. The van der Waals surface area contributed by atoms with Gasteiger partial charge in [0.2, 0.25) is 11.8 Å². The van der Waals surface area contributed by atoms with Crippen LogP contribution in [0.5, 0.6) is 0 Å². The zero-order valence-electron chi connectivity index (χ0n) is 23.0. The summed E-state index contributed by atoms with van der Waals surface area (Å²) in [4.78, 5) is 28.2. The SMILES string of the molecule is Cc1ccc(/C=C/C(=O)NC[C@@H]2CCN(CC(c3ccccc3)c3ccccc3)C(=O)[C@H](CCN)N2)c(C)c1. The molecule has 1 aliphatic heterocycles. The number of benzene rings is 3. The van der Waals surface area contributed by atoms with Crippen molar-refractivity contribution in [2.45, 2.75) is 44.7 Å². The zero-order valence-corrected chi connectivity index (χ0v) is 23.0. The highest BCUT2D eigenvalue weighted by atomic mass is 16.2. The van der Waals surface area contributed by atoms with Crippen LogP contribution in [0.2, 0.25) is 0 Å². The minimum atomic E-state index is -0.377. The van der Waals surface area contributed by atoms with E-state index in [0.717, 1.165) is 17.5 Å². The van der Waals surface area contributed by atoms with Crippen molar-refractivity contribution in [1.82, 2.24) is 15.5 Å². The average Bonchev–Trinajstić information content (AvgIpc) is 3.09. The maximum absolute atomic E-state index is 13.6. The summed E-state index contributed by atoms with van der Waals surface area (Å²) >= 11 is 0. The molecular weight excluding hydrogens is 484 g/mol. The number of hydrogen-bond donors (Lipinski definition) is 3. The van der Waals surface area contributed by atoms with Crippen LogP contribution in [0.3, 0.4) is 0 Å². The van der Waals surface area contributed by atoms with E-state index in [1.807, 2.05) is 66.4 Å². The Morgan fingerprint density at radius 2 is 1.72 bits per heavy atom. The fourth-order valence-electron chi connectivity index (χ4n) is 5.25. The number of aryl methyl sites for hydroxylation is 2. The lowest BCUT2D eigenvalue weighted by atomic mass is 9.90. The van der Waals surface area contributed by atoms with E-state index >= 15 is 0 Å². The van der Waals surface area contributed by atoms with Gasteiger partial charge in [-0.25, -0.2) is 0 Å². The number of nitrogens with zero attached hydrogens (tertiary/aromatic N) is 1. The molecule has 1 aliphatic rings. The molecule has 3 aromatic rings. The Kier molecular flexibility index (Phi) is 10.1. The molecule has 4 N–H and O–H groups in total. The summed E-state index contributed by atoms with van der Waals surface area (Å²) in [6, 6.07) is 26.5. The van der Waals surface area contributed by atoms with E-state index in [9.17, 15) is 9.59 Å². The van der Waals surface area contributed by atoms with Gasteiger partial charge in [-0.3, -0.25) is 9.59 Å². The molecule has 0 aliphatic carbocycles. The summed E-state index contributed by atoms with van der Waals surface area (Å²) in [6.45, 7) is 6.16. The second-order valence-corrected chi connectivity index (χ2v) is 10.4. The Hall–Kier alpha value is -3.74. The molecule has 1 saturated heterocycles. The highest BCUT2D eigenvalue weighted by Crippen LogP contribution is 2.27. The molecule has 1 heterocycles. The Morgan fingerprint density at radius 3 is 2.33 bits per heavy atom. The van der Waals surface area contributed by atoms with Gasteiger partial charge < -0.3 is 21.3 Å². The third-order valence-electron chi connectivity index (χ3n) is 7.42. The lowest BCUT2D eigenvalue weighted by Gasteiger charge is -2.29. The second-order valence-electron chi connectivity index (χ2n) is 10.4. The van der Waals surface area contributed by atoms with Crippen LogP contribution in [0.4, 0.5) is 0 Å². The molecule has 3 aromatic carbocycles. The summed E-state index contributed by atoms with van der Waals surface area (Å²) < 4.78 is 0. The van der Waals surface area contributed by atoms with E-state index in [1.165, 1.54) is 16.7 Å². The van der Waals surface area contributed by atoms with E-state index in [1.54, 1.807) is 6.08 Å². The van der Waals surface area contributed by atoms with Crippen LogP contribution in [0.15, 0.2) is 84.9 Å². The zero-order chi connectivity index (χ0) is 27.6. The topological polar surface area (TPSA) is 87.5 Å². The van der Waals surface area contributed by atoms with Crippen molar-refractivity contribution >= 4 is 17.9 Å². The molecule has 0 unspecified atom stereocenters. The molecule has 0 spiro atoms. The molecule has 1 fully saturated rings. The standard InChI is InChI=1S/C33H40N4O2/c1-24-13-14-26(25(2)21-24)15-16-32(38)35-22-29-18-20-37(33(39)31(36-29)17-19-34)23-30(27-9-5-3-6-10-27)28-11-7-4-8-12-28/h3-16,21,29-31,36H,17-20,22-23,34H2,1-2H3,(H,35,38)/b16-15+/t29-,31-/m0/s1. The van der Waals surface area contributed by atoms with Crippen LogP contribution >= 0.6 is 0 Å². The van der Waals surface area contributed by atoms with Crippen molar-refractivity contribution < 1.29 is 9.59 Å².